The Morgan fingerprint density at radius 1 is 1.07 bits per heavy atom. The SMILES string of the molecule is CC(=O)OC[C@H]1O[C@@H](n2cnc3c(Cl)ncnc32)[C@@H](OC(C)=O)[C@H]1OC(C)=O. The predicted molar refractivity (Wildman–Crippen MR) is 92.0 cm³/mol. The fourth-order valence-electron chi connectivity index (χ4n) is 2.93. The minimum atomic E-state index is -1.03. The normalized spacial score (nSPS) is 24.1. The third kappa shape index (κ3) is 4.04. The van der Waals surface area contributed by atoms with Gasteiger partial charge in [0.2, 0.25) is 0 Å². The summed E-state index contributed by atoms with van der Waals surface area (Å²) in [7, 11) is 0. The van der Waals surface area contributed by atoms with Crippen LogP contribution in [-0.4, -0.2) is 62.3 Å². The predicted octanol–water partition coefficient (Wildman–Crippen LogP) is 0.804. The molecule has 150 valence electrons. The summed E-state index contributed by atoms with van der Waals surface area (Å²) < 4.78 is 23.1. The van der Waals surface area contributed by atoms with E-state index in [9.17, 15) is 14.4 Å². The van der Waals surface area contributed by atoms with Gasteiger partial charge in [0.1, 0.15) is 24.6 Å². The Kier molecular flexibility index (Phi) is 5.75. The monoisotopic (exact) mass is 412 g/mol. The van der Waals surface area contributed by atoms with Gasteiger partial charge in [0, 0.05) is 20.8 Å². The Labute approximate surface area is 163 Å². The number of hydrogen-bond acceptors (Lipinski definition) is 10. The first kappa shape index (κ1) is 20.0. The number of nitrogens with zero attached hydrogens (tertiary/aromatic N) is 4. The number of esters is 3. The highest BCUT2D eigenvalue weighted by molar-refractivity contribution is 6.33. The van der Waals surface area contributed by atoms with Crippen molar-refractivity contribution < 1.29 is 33.3 Å². The quantitative estimate of drug-likeness (QED) is 0.394. The third-order valence-corrected chi connectivity index (χ3v) is 4.21. The van der Waals surface area contributed by atoms with Crippen molar-refractivity contribution in [1.29, 1.82) is 0 Å². The first-order valence-corrected chi connectivity index (χ1v) is 8.62. The largest absolute Gasteiger partial charge is 0.463 e. The van der Waals surface area contributed by atoms with Gasteiger partial charge >= 0.3 is 17.9 Å². The van der Waals surface area contributed by atoms with Crippen molar-refractivity contribution in [3.8, 4) is 0 Å². The van der Waals surface area contributed by atoms with Crippen LogP contribution in [0, 0.1) is 0 Å². The van der Waals surface area contributed by atoms with Crippen LogP contribution < -0.4 is 0 Å². The summed E-state index contributed by atoms with van der Waals surface area (Å²) in [5.41, 5.74) is 0.652. The molecule has 2 aromatic heterocycles. The van der Waals surface area contributed by atoms with Gasteiger partial charge in [-0.2, -0.15) is 0 Å². The van der Waals surface area contributed by atoms with Crippen LogP contribution in [0.1, 0.15) is 27.0 Å². The van der Waals surface area contributed by atoms with E-state index in [4.69, 9.17) is 30.5 Å². The summed E-state index contributed by atoms with van der Waals surface area (Å²) in [6, 6.07) is 0. The number of fused-ring (bicyclic) bond motifs is 1. The molecule has 0 aromatic carbocycles. The molecule has 0 saturated carbocycles. The van der Waals surface area contributed by atoms with Crippen LogP contribution in [0.2, 0.25) is 5.15 Å². The van der Waals surface area contributed by atoms with Crippen LogP contribution >= 0.6 is 11.6 Å². The maximum absolute atomic E-state index is 11.7. The van der Waals surface area contributed by atoms with E-state index in [0.717, 1.165) is 0 Å². The summed E-state index contributed by atoms with van der Waals surface area (Å²) in [6.07, 6.45) is -1.24. The van der Waals surface area contributed by atoms with E-state index in [0.29, 0.717) is 11.2 Å². The van der Waals surface area contributed by atoms with Crippen molar-refractivity contribution in [3.05, 3.63) is 17.8 Å². The van der Waals surface area contributed by atoms with E-state index >= 15 is 0 Å². The smallest absolute Gasteiger partial charge is 0.303 e. The summed E-state index contributed by atoms with van der Waals surface area (Å²) in [4.78, 5) is 46.6. The second-order valence-electron chi connectivity index (χ2n) is 6.00. The van der Waals surface area contributed by atoms with Crippen LogP contribution in [0.5, 0.6) is 0 Å². The van der Waals surface area contributed by atoms with Crippen LogP contribution in [0.25, 0.3) is 11.2 Å². The van der Waals surface area contributed by atoms with Crippen LogP contribution in [-0.2, 0) is 33.3 Å². The summed E-state index contributed by atoms with van der Waals surface area (Å²) in [5.74, 6) is -1.76. The second kappa shape index (κ2) is 8.07. The van der Waals surface area contributed by atoms with Gasteiger partial charge in [0.15, 0.2) is 29.2 Å². The lowest BCUT2D eigenvalue weighted by atomic mass is 10.1. The first-order chi connectivity index (χ1) is 13.3. The molecule has 0 amide bonds. The second-order valence-corrected chi connectivity index (χ2v) is 6.36. The van der Waals surface area contributed by atoms with Crippen molar-refractivity contribution in [3.63, 3.8) is 0 Å². The number of imidazole rings is 1. The van der Waals surface area contributed by atoms with Gasteiger partial charge in [0.25, 0.3) is 0 Å². The molecule has 28 heavy (non-hydrogen) atoms. The van der Waals surface area contributed by atoms with Crippen LogP contribution in [0.3, 0.4) is 0 Å². The molecule has 0 unspecified atom stereocenters. The summed E-state index contributed by atoms with van der Waals surface area (Å²) >= 11 is 6.03. The van der Waals surface area contributed by atoms with E-state index < -0.39 is 42.4 Å². The molecular formula is C16H17ClN4O7. The van der Waals surface area contributed by atoms with Crippen molar-refractivity contribution in [2.24, 2.45) is 0 Å². The lowest BCUT2D eigenvalue weighted by Gasteiger charge is -2.23. The Hall–Kier alpha value is -2.79. The highest BCUT2D eigenvalue weighted by atomic mass is 35.5. The Morgan fingerprint density at radius 3 is 2.39 bits per heavy atom. The molecule has 3 rings (SSSR count). The highest BCUT2D eigenvalue weighted by Gasteiger charge is 2.51. The van der Waals surface area contributed by atoms with Gasteiger partial charge in [0.05, 0.1) is 6.33 Å². The third-order valence-electron chi connectivity index (χ3n) is 3.93. The average Bonchev–Trinajstić information content (AvgIpc) is 3.16. The Bertz CT molecular complexity index is 918. The summed E-state index contributed by atoms with van der Waals surface area (Å²) in [5, 5.41) is 0.138. The molecule has 2 aromatic rings. The van der Waals surface area contributed by atoms with Gasteiger partial charge in [-0.3, -0.25) is 19.0 Å². The van der Waals surface area contributed by atoms with Crippen LogP contribution in [0.4, 0.5) is 0 Å². The molecule has 12 heteroatoms. The first-order valence-electron chi connectivity index (χ1n) is 8.24. The fraction of sp³-hybridized carbons (Fsp3) is 0.500. The van der Waals surface area contributed by atoms with E-state index in [1.54, 1.807) is 0 Å². The zero-order valence-electron chi connectivity index (χ0n) is 15.2. The zero-order chi connectivity index (χ0) is 20.4. The minimum Gasteiger partial charge on any atom is -0.463 e. The zero-order valence-corrected chi connectivity index (χ0v) is 16.0. The fourth-order valence-corrected chi connectivity index (χ4v) is 3.10. The number of aromatic nitrogens is 4. The molecule has 1 fully saturated rings. The molecule has 0 N–H and O–H groups in total. The number of carbonyl (C=O) groups excluding carboxylic acids is 3. The Balaban J connectivity index is 2.01. The number of ether oxygens (including phenoxy) is 4. The molecule has 1 aliphatic rings. The van der Waals surface area contributed by atoms with Crippen LogP contribution in [0.15, 0.2) is 12.7 Å². The molecule has 0 aliphatic carbocycles. The number of halogens is 1. The molecule has 1 aliphatic heterocycles. The lowest BCUT2D eigenvalue weighted by Crippen LogP contribution is -2.40. The van der Waals surface area contributed by atoms with Gasteiger partial charge in [-0.25, -0.2) is 15.0 Å². The van der Waals surface area contributed by atoms with Gasteiger partial charge in [-0.1, -0.05) is 11.6 Å². The number of carbonyl (C=O) groups is 3. The molecule has 4 atom stereocenters. The van der Waals surface area contributed by atoms with Crippen molar-refractivity contribution in [2.45, 2.75) is 45.3 Å². The maximum atomic E-state index is 11.7. The van der Waals surface area contributed by atoms with Gasteiger partial charge in [-0.15, -0.1) is 0 Å². The highest BCUT2D eigenvalue weighted by Crippen LogP contribution is 2.36. The van der Waals surface area contributed by atoms with E-state index in [-0.39, 0.29) is 11.8 Å². The molecule has 0 bridgehead atoms. The molecule has 3 heterocycles. The molecule has 0 spiro atoms. The summed E-state index contributed by atoms with van der Waals surface area (Å²) in [6.45, 7) is 3.45. The van der Waals surface area contributed by atoms with Crippen molar-refractivity contribution in [1.82, 2.24) is 19.5 Å². The van der Waals surface area contributed by atoms with Gasteiger partial charge in [-0.05, 0) is 0 Å². The standard InChI is InChI=1S/C16H17ClN4O7/c1-7(22)25-4-10-12(26-8(2)23)13(27-9(3)24)16(28-10)21-6-20-11-14(17)18-5-19-15(11)21/h5-6,10,12-13,16H,4H2,1-3H3/t10-,12+,13+,16-/m1/s1. The van der Waals surface area contributed by atoms with Crippen molar-refractivity contribution >= 4 is 40.7 Å². The molecule has 0 radical (unpaired) electrons. The van der Waals surface area contributed by atoms with E-state index in [1.165, 1.54) is 38.0 Å². The number of rotatable bonds is 5. The van der Waals surface area contributed by atoms with E-state index in [2.05, 4.69) is 15.0 Å². The maximum Gasteiger partial charge on any atom is 0.303 e. The molecular weight excluding hydrogens is 396 g/mol. The number of hydrogen-bond donors (Lipinski definition) is 0. The molecule has 11 nitrogen and oxygen atoms in total. The average molecular weight is 413 g/mol. The van der Waals surface area contributed by atoms with Gasteiger partial charge < -0.3 is 18.9 Å². The van der Waals surface area contributed by atoms with Crippen molar-refractivity contribution in [2.75, 3.05) is 6.61 Å². The van der Waals surface area contributed by atoms with E-state index in [1.807, 2.05) is 0 Å². The lowest BCUT2D eigenvalue weighted by molar-refractivity contribution is -0.166. The molecule has 1 saturated heterocycles. The minimum absolute atomic E-state index is 0.138. The Morgan fingerprint density at radius 2 is 1.75 bits per heavy atom. The topological polar surface area (TPSA) is 132 Å².